The number of hydrogen-bond donors (Lipinski definition) is 1. The summed E-state index contributed by atoms with van der Waals surface area (Å²) in [4.78, 5) is 14.3. The molecule has 1 N–H and O–H groups in total. The molecule has 0 radical (unpaired) electrons. The van der Waals surface area contributed by atoms with Gasteiger partial charge in [0.1, 0.15) is 0 Å². The minimum absolute atomic E-state index is 0.0383. The zero-order chi connectivity index (χ0) is 13.8. The van der Waals surface area contributed by atoms with Crippen molar-refractivity contribution >= 4 is 5.91 Å². The summed E-state index contributed by atoms with van der Waals surface area (Å²) in [6.07, 6.45) is 1.94. The van der Waals surface area contributed by atoms with Crippen molar-refractivity contribution in [2.75, 3.05) is 33.9 Å². The van der Waals surface area contributed by atoms with Gasteiger partial charge in [-0.15, -0.1) is 0 Å². The van der Waals surface area contributed by atoms with Gasteiger partial charge < -0.3 is 15.0 Å². The summed E-state index contributed by atoms with van der Waals surface area (Å²) >= 11 is 0. The first-order valence-electron chi connectivity index (χ1n) is 6.86. The first-order chi connectivity index (χ1) is 8.33. The maximum absolute atomic E-state index is 12.1. The molecule has 0 spiro atoms. The Kier molecular flexibility index (Phi) is 5.60. The molecule has 1 saturated heterocycles. The molecule has 0 unspecified atom stereocenters. The zero-order valence-electron chi connectivity index (χ0n) is 12.5. The summed E-state index contributed by atoms with van der Waals surface area (Å²) < 4.78 is 5.37. The summed E-state index contributed by atoms with van der Waals surface area (Å²) in [5.74, 6) is 0.186. The highest BCUT2D eigenvalue weighted by atomic mass is 16.5. The van der Waals surface area contributed by atoms with Crippen molar-refractivity contribution in [3.8, 4) is 0 Å². The third kappa shape index (κ3) is 4.58. The molecular formula is C14H28N2O2. The third-order valence-electron chi connectivity index (χ3n) is 3.79. The fraction of sp³-hybridized carbons (Fsp3) is 0.929. The smallest absolute Gasteiger partial charge is 0.225 e. The Hall–Kier alpha value is -0.610. The Morgan fingerprint density at radius 1 is 1.50 bits per heavy atom. The van der Waals surface area contributed by atoms with Crippen molar-refractivity contribution in [2.45, 2.75) is 39.7 Å². The van der Waals surface area contributed by atoms with Crippen LogP contribution in [-0.4, -0.2) is 50.7 Å². The van der Waals surface area contributed by atoms with Crippen molar-refractivity contribution in [2.24, 2.45) is 11.3 Å². The van der Waals surface area contributed by atoms with E-state index in [0.29, 0.717) is 6.61 Å². The summed E-state index contributed by atoms with van der Waals surface area (Å²) in [6.45, 7) is 8.80. The van der Waals surface area contributed by atoms with Gasteiger partial charge in [0.15, 0.2) is 0 Å². The van der Waals surface area contributed by atoms with Crippen LogP contribution in [0, 0.1) is 11.3 Å². The molecule has 1 fully saturated rings. The lowest BCUT2D eigenvalue weighted by molar-refractivity contribution is -0.130. The Bertz CT molecular complexity index is 271. The van der Waals surface area contributed by atoms with Crippen LogP contribution in [0.3, 0.4) is 0 Å². The fourth-order valence-corrected chi connectivity index (χ4v) is 2.43. The van der Waals surface area contributed by atoms with Crippen molar-refractivity contribution < 1.29 is 9.53 Å². The fourth-order valence-electron chi connectivity index (χ4n) is 2.43. The Labute approximate surface area is 111 Å². The minimum atomic E-state index is 0.0383. The molecule has 4 nitrogen and oxygen atoms in total. The van der Waals surface area contributed by atoms with E-state index in [2.05, 4.69) is 45.1 Å². The van der Waals surface area contributed by atoms with Crippen molar-refractivity contribution in [1.82, 2.24) is 10.2 Å². The van der Waals surface area contributed by atoms with Crippen LogP contribution in [0.4, 0.5) is 0 Å². The second-order valence-electron chi connectivity index (χ2n) is 6.37. The quantitative estimate of drug-likeness (QED) is 0.810. The van der Waals surface area contributed by atoms with Crippen LogP contribution in [0.1, 0.15) is 33.6 Å². The molecular weight excluding hydrogens is 228 g/mol. The molecule has 0 aromatic carbocycles. The van der Waals surface area contributed by atoms with E-state index in [1.54, 1.807) is 0 Å². The standard InChI is InChI=1S/C14H28N2O2/c1-11(14(2,3)10-16(4)5)15-13(17)12-7-6-8-18-9-12/h11-12H,6-10H2,1-5H3,(H,15,17)/t11-,12+/m1/s1. The van der Waals surface area contributed by atoms with Gasteiger partial charge in [0.2, 0.25) is 5.91 Å². The predicted octanol–water partition coefficient (Wildman–Crippen LogP) is 1.51. The van der Waals surface area contributed by atoms with Gasteiger partial charge >= 0.3 is 0 Å². The largest absolute Gasteiger partial charge is 0.381 e. The zero-order valence-corrected chi connectivity index (χ0v) is 12.5. The molecule has 18 heavy (non-hydrogen) atoms. The first-order valence-corrected chi connectivity index (χ1v) is 6.86. The Balaban J connectivity index is 2.47. The third-order valence-corrected chi connectivity index (χ3v) is 3.79. The maximum atomic E-state index is 12.1. The van der Waals surface area contributed by atoms with Crippen LogP contribution in [0.2, 0.25) is 0 Å². The SMILES string of the molecule is C[C@@H](NC(=O)[C@H]1CCCOC1)C(C)(C)CN(C)C. The van der Waals surface area contributed by atoms with E-state index in [4.69, 9.17) is 4.74 Å². The molecule has 1 rings (SSSR count). The second-order valence-corrected chi connectivity index (χ2v) is 6.37. The van der Waals surface area contributed by atoms with Gasteiger partial charge in [0.25, 0.3) is 0 Å². The number of nitrogens with zero attached hydrogens (tertiary/aromatic N) is 1. The van der Waals surface area contributed by atoms with E-state index in [9.17, 15) is 4.79 Å². The van der Waals surface area contributed by atoms with Gasteiger partial charge in [-0.1, -0.05) is 13.8 Å². The highest BCUT2D eigenvalue weighted by Crippen LogP contribution is 2.22. The molecule has 106 valence electrons. The molecule has 0 aromatic rings. The maximum Gasteiger partial charge on any atom is 0.225 e. The number of ether oxygens (including phenoxy) is 1. The van der Waals surface area contributed by atoms with Gasteiger partial charge in [-0.25, -0.2) is 0 Å². The van der Waals surface area contributed by atoms with Crippen molar-refractivity contribution in [3.05, 3.63) is 0 Å². The van der Waals surface area contributed by atoms with Crippen LogP contribution in [0.15, 0.2) is 0 Å². The second kappa shape index (κ2) is 6.53. The van der Waals surface area contributed by atoms with Crippen LogP contribution < -0.4 is 5.32 Å². The van der Waals surface area contributed by atoms with E-state index in [1.165, 1.54) is 0 Å². The van der Waals surface area contributed by atoms with E-state index >= 15 is 0 Å². The summed E-state index contributed by atoms with van der Waals surface area (Å²) in [5.41, 5.74) is 0.0642. The molecule has 2 atom stereocenters. The van der Waals surface area contributed by atoms with Gasteiger partial charge in [-0.3, -0.25) is 4.79 Å². The van der Waals surface area contributed by atoms with Crippen LogP contribution in [-0.2, 0) is 9.53 Å². The number of hydrogen-bond acceptors (Lipinski definition) is 3. The molecule has 1 heterocycles. The summed E-state index contributed by atoms with van der Waals surface area (Å²) in [6, 6.07) is 0.161. The number of amides is 1. The van der Waals surface area contributed by atoms with Crippen molar-refractivity contribution in [3.63, 3.8) is 0 Å². The van der Waals surface area contributed by atoms with E-state index in [0.717, 1.165) is 26.0 Å². The molecule has 0 aromatic heterocycles. The molecule has 1 amide bonds. The van der Waals surface area contributed by atoms with Gasteiger partial charge in [-0.2, -0.15) is 0 Å². The van der Waals surface area contributed by atoms with Crippen LogP contribution >= 0.6 is 0 Å². The lowest BCUT2D eigenvalue weighted by Gasteiger charge is -2.36. The normalized spacial score (nSPS) is 22.9. The first kappa shape index (κ1) is 15.4. The highest BCUT2D eigenvalue weighted by molar-refractivity contribution is 5.79. The predicted molar refractivity (Wildman–Crippen MR) is 73.5 cm³/mol. The Morgan fingerprint density at radius 2 is 2.17 bits per heavy atom. The monoisotopic (exact) mass is 256 g/mol. The number of carbonyl (C=O) groups is 1. The lowest BCUT2D eigenvalue weighted by atomic mass is 9.84. The van der Waals surface area contributed by atoms with Crippen molar-refractivity contribution in [1.29, 1.82) is 0 Å². The molecule has 4 heteroatoms. The molecule has 0 saturated carbocycles. The molecule has 1 aliphatic heterocycles. The van der Waals surface area contributed by atoms with E-state index < -0.39 is 0 Å². The lowest BCUT2D eigenvalue weighted by Crippen LogP contribution is -2.49. The van der Waals surface area contributed by atoms with Crippen LogP contribution in [0.5, 0.6) is 0 Å². The summed E-state index contributed by atoms with van der Waals surface area (Å²) in [5, 5.41) is 3.15. The molecule has 0 aliphatic carbocycles. The summed E-state index contributed by atoms with van der Waals surface area (Å²) in [7, 11) is 4.12. The minimum Gasteiger partial charge on any atom is -0.381 e. The number of nitrogens with one attached hydrogen (secondary N) is 1. The number of carbonyl (C=O) groups excluding carboxylic acids is 1. The molecule has 1 aliphatic rings. The van der Waals surface area contributed by atoms with Gasteiger partial charge in [0, 0.05) is 19.2 Å². The average molecular weight is 256 g/mol. The average Bonchev–Trinajstić information content (AvgIpc) is 2.28. The molecule has 0 bridgehead atoms. The number of rotatable bonds is 5. The van der Waals surface area contributed by atoms with Gasteiger partial charge in [0.05, 0.1) is 12.5 Å². The van der Waals surface area contributed by atoms with Crippen LogP contribution in [0.25, 0.3) is 0 Å². The van der Waals surface area contributed by atoms with E-state index in [-0.39, 0.29) is 23.3 Å². The van der Waals surface area contributed by atoms with E-state index in [1.807, 2.05) is 0 Å². The highest BCUT2D eigenvalue weighted by Gasteiger charge is 2.30. The topological polar surface area (TPSA) is 41.6 Å². The Morgan fingerprint density at radius 3 is 2.67 bits per heavy atom. The van der Waals surface area contributed by atoms with Gasteiger partial charge in [-0.05, 0) is 39.3 Å².